The Morgan fingerprint density at radius 1 is 1.22 bits per heavy atom. The number of nitrogens with zero attached hydrogens (tertiary/aromatic N) is 3. The van der Waals surface area contributed by atoms with E-state index in [1.807, 2.05) is 0 Å². The molecule has 0 saturated carbocycles. The van der Waals surface area contributed by atoms with E-state index in [1.165, 1.54) is 37.4 Å². The largest absolute Gasteiger partial charge is 0.497 e. The fourth-order valence-electron chi connectivity index (χ4n) is 2.09. The smallest absolute Gasteiger partial charge is 0.423 e. The maximum absolute atomic E-state index is 14.0. The van der Waals surface area contributed by atoms with Crippen molar-refractivity contribution in [2.45, 2.75) is 11.4 Å². The fraction of sp³-hybridized carbons (Fsp3) is 0.235. The zero-order chi connectivity index (χ0) is 24.1. The maximum atomic E-state index is 14.0. The summed E-state index contributed by atoms with van der Waals surface area (Å²) < 4.78 is 78.5. The highest BCUT2D eigenvalue weighted by molar-refractivity contribution is 7.87. The van der Waals surface area contributed by atoms with Crippen LogP contribution < -0.4 is 4.74 Å². The molecule has 1 aromatic heterocycles. The molecular weight excluding hydrogens is 463 g/mol. The van der Waals surface area contributed by atoms with Crippen molar-refractivity contribution in [2.24, 2.45) is 5.16 Å². The molecule has 2 aromatic rings. The molecule has 0 fully saturated rings. The highest BCUT2D eigenvalue weighted by Gasteiger charge is 2.56. The molecule has 2 rings (SSSR count). The predicted molar refractivity (Wildman–Crippen MR) is 99.5 cm³/mol. The molecule has 0 radical (unpaired) electrons. The number of nitriles is 1. The van der Waals surface area contributed by atoms with Crippen LogP contribution in [-0.2, 0) is 19.1 Å². The number of hydrogen-bond acceptors (Lipinski definition) is 10. The van der Waals surface area contributed by atoms with Gasteiger partial charge in [-0.25, -0.2) is 9.18 Å². The molecule has 1 unspecified atom stereocenters. The highest BCUT2D eigenvalue weighted by Crippen LogP contribution is 2.31. The average molecular weight is 477 g/mol. The number of benzene rings is 1. The van der Waals surface area contributed by atoms with E-state index in [4.69, 9.17) is 10.00 Å². The Labute approximate surface area is 178 Å². The van der Waals surface area contributed by atoms with E-state index >= 15 is 0 Å². The predicted octanol–water partition coefficient (Wildman–Crippen LogP) is 2.10. The van der Waals surface area contributed by atoms with Crippen LogP contribution >= 0.6 is 0 Å². The minimum absolute atomic E-state index is 0.0103. The van der Waals surface area contributed by atoms with Crippen molar-refractivity contribution in [2.75, 3.05) is 13.7 Å². The van der Waals surface area contributed by atoms with Gasteiger partial charge in [0.2, 0.25) is 17.9 Å². The lowest BCUT2D eigenvalue weighted by molar-refractivity contribution is -0.0328. The van der Waals surface area contributed by atoms with Gasteiger partial charge in [0, 0.05) is 17.7 Å². The van der Waals surface area contributed by atoms with Crippen molar-refractivity contribution in [1.29, 1.82) is 5.26 Å². The first-order valence-corrected chi connectivity index (χ1v) is 9.69. The zero-order valence-electron chi connectivity index (χ0n) is 16.0. The molecule has 32 heavy (non-hydrogen) atoms. The van der Waals surface area contributed by atoms with Gasteiger partial charge in [-0.2, -0.15) is 27.0 Å². The van der Waals surface area contributed by atoms with Crippen molar-refractivity contribution in [3.8, 4) is 23.6 Å². The summed E-state index contributed by atoms with van der Waals surface area (Å²) in [6.07, 6.45) is -5.29. The Kier molecular flexibility index (Phi) is 7.21. The number of aromatic hydroxyl groups is 2. The summed E-state index contributed by atoms with van der Waals surface area (Å²) in [6, 6.07) is 8.41. The number of methoxy groups -OCH3 is 1. The minimum Gasteiger partial charge on any atom is -0.497 e. The third kappa shape index (κ3) is 5.03. The normalized spacial score (nSPS) is 13.2. The molecule has 0 saturated heterocycles. The molecule has 1 atom stereocenters. The summed E-state index contributed by atoms with van der Waals surface area (Å²) in [7, 11) is -4.71. The number of rotatable bonds is 8. The Hall–Kier alpha value is -3.93. The first kappa shape index (κ1) is 24.3. The van der Waals surface area contributed by atoms with Crippen LogP contribution in [0.2, 0.25) is 0 Å². The number of hydrogen-bond donors (Lipinski definition) is 2. The number of carbonyl (C=O) groups is 1. The van der Waals surface area contributed by atoms with E-state index in [0.29, 0.717) is 5.75 Å². The molecule has 1 heterocycles. The Balaban J connectivity index is 2.12. The third-order valence-electron chi connectivity index (χ3n) is 3.77. The van der Waals surface area contributed by atoms with Gasteiger partial charge in [-0.1, -0.05) is 5.16 Å². The number of ether oxygens (including phenoxy) is 2. The zero-order valence-corrected chi connectivity index (χ0v) is 16.8. The molecule has 2 N–H and O–H groups in total. The van der Waals surface area contributed by atoms with E-state index < -0.39 is 51.7 Å². The molecular formula is C17H14F3N3O8S. The third-order valence-corrected chi connectivity index (χ3v) is 4.96. The van der Waals surface area contributed by atoms with Crippen molar-refractivity contribution in [3.63, 3.8) is 0 Å². The van der Waals surface area contributed by atoms with Crippen molar-refractivity contribution >= 4 is 21.9 Å². The van der Waals surface area contributed by atoms with E-state index in [9.17, 15) is 36.6 Å². The number of carbonyl (C=O) groups excluding carboxylic acids is 1. The number of oxime groups is 1. The molecule has 0 aliphatic carbocycles. The van der Waals surface area contributed by atoms with Crippen LogP contribution in [0.25, 0.3) is 0 Å². The van der Waals surface area contributed by atoms with Gasteiger partial charge in [-0.15, -0.1) is 0 Å². The van der Waals surface area contributed by atoms with Gasteiger partial charge in [0.1, 0.15) is 18.4 Å². The van der Waals surface area contributed by atoms with E-state index in [-0.39, 0.29) is 10.1 Å². The molecule has 1 aromatic carbocycles. The van der Waals surface area contributed by atoms with Crippen LogP contribution in [0.4, 0.5) is 18.0 Å². The van der Waals surface area contributed by atoms with Gasteiger partial charge in [0.05, 0.1) is 7.11 Å². The quantitative estimate of drug-likeness (QED) is 0.428. The number of aromatic nitrogens is 1. The molecule has 0 amide bonds. The van der Waals surface area contributed by atoms with Crippen LogP contribution in [0.5, 0.6) is 17.5 Å². The van der Waals surface area contributed by atoms with Crippen molar-refractivity contribution < 1.29 is 50.4 Å². The second-order valence-electron chi connectivity index (χ2n) is 5.80. The monoisotopic (exact) mass is 477 g/mol. The fourth-order valence-corrected chi connectivity index (χ4v) is 2.74. The Morgan fingerprint density at radius 2 is 1.78 bits per heavy atom. The molecule has 0 aliphatic heterocycles. The number of alkyl halides is 3. The van der Waals surface area contributed by atoms with Crippen molar-refractivity contribution in [3.05, 3.63) is 42.0 Å². The second-order valence-corrected chi connectivity index (χ2v) is 7.40. The van der Waals surface area contributed by atoms with Crippen LogP contribution in [-0.4, -0.2) is 60.1 Å². The molecule has 0 aliphatic rings. The van der Waals surface area contributed by atoms with Gasteiger partial charge in [0.25, 0.3) is 0 Å². The first-order valence-electron chi connectivity index (χ1n) is 8.29. The topological polar surface area (TPSA) is 160 Å². The van der Waals surface area contributed by atoms with Gasteiger partial charge < -0.3 is 19.7 Å². The Bertz CT molecular complexity index is 1140. The molecule has 172 valence electrons. The van der Waals surface area contributed by atoms with Crippen molar-refractivity contribution in [1.82, 2.24) is 4.57 Å². The van der Waals surface area contributed by atoms with Gasteiger partial charge >= 0.3 is 21.5 Å². The first-order chi connectivity index (χ1) is 14.9. The standard InChI is InChI=1S/C17H14F3N3O8S/c1-29-11-4-2-10(3-5-11)12(8-21)22-31-32(27,28)17(19,20)13(18)9-30-16(26)23-14(24)6-7-15(23)25/h2-7,13,24-25H,9H2,1H3. The second kappa shape index (κ2) is 9.47. The minimum atomic E-state index is -6.07. The van der Waals surface area contributed by atoms with Crippen LogP contribution in [0.15, 0.2) is 41.6 Å². The lowest BCUT2D eigenvalue weighted by Gasteiger charge is -2.18. The molecule has 11 nitrogen and oxygen atoms in total. The molecule has 0 bridgehead atoms. The van der Waals surface area contributed by atoms with Crippen LogP contribution in [0.1, 0.15) is 5.56 Å². The summed E-state index contributed by atoms with van der Waals surface area (Å²) in [5, 5.41) is 25.3. The van der Waals surface area contributed by atoms with Gasteiger partial charge in [0.15, 0.2) is 5.71 Å². The van der Waals surface area contributed by atoms with E-state index in [1.54, 1.807) is 0 Å². The van der Waals surface area contributed by atoms with Crippen LogP contribution in [0.3, 0.4) is 0 Å². The Morgan fingerprint density at radius 3 is 2.28 bits per heavy atom. The molecule has 0 spiro atoms. The lowest BCUT2D eigenvalue weighted by Crippen LogP contribution is -2.42. The highest BCUT2D eigenvalue weighted by atomic mass is 32.2. The summed E-state index contributed by atoms with van der Waals surface area (Å²) >= 11 is 0. The molecule has 15 heteroatoms. The number of halogens is 3. The van der Waals surface area contributed by atoms with E-state index in [0.717, 1.165) is 12.1 Å². The summed E-state index contributed by atoms with van der Waals surface area (Å²) in [5.41, 5.74) is -0.726. The maximum Gasteiger partial charge on any atom is 0.423 e. The lowest BCUT2D eigenvalue weighted by atomic mass is 10.1. The van der Waals surface area contributed by atoms with Crippen LogP contribution in [0, 0.1) is 11.3 Å². The summed E-state index contributed by atoms with van der Waals surface area (Å²) in [5.74, 6) is -1.31. The van der Waals surface area contributed by atoms with Gasteiger partial charge in [-0.05, 0) is 24.3 Å². The average Bonchev–Trinajstić information content (AvgIpc) is 3.10. The SMILES string of the molecule is COc1ccc(C(C#N)=NOS(=O)(=O)C(F)(F)C(F)COC(=O)n2c(O)ccc2O)cc1. The summed E-state index contributed by atoms with van der Waals surface area (Å²) in [4.78, 5) is 11.6. The van der Waals surface area contributed by atoms with Gasteiger partial charge in [-0.3, -0.25) is 4.28 Å². The van der Waals surface area contributed by atoms with E-state index in [2.05, 4.69) is 14.2 Å². The summed E-state index contributed by atoms with van der Waals surface area (Å²) in [6.45, 7) is -1.79.